The molecule has 0 aliphatic carbocycles. The summed E-state index contributed by atoms with van der Waals surface area (Å²) < 4.78 is 10.1. The van der Waals surface area contributed by atoms with Gasteiger partial charge in [-0.2, -0.15) is 0 Å². The Bertz CT molecular complexity index is 374. The molecule has 1 aromatic carbocycles. The summed E-state index contributed by atoms with van der Waals surface area (Å²) in [5.41, 5.74) is 0.984. The monoisotopic (exact) mass is 226 g/mol. The van der Waals surface area contributed by atoms with Crippen molar-refractivity contribution < 1.29 is 24.5 Å². The van der Waals surface area contributed by atoms with Crippen LogP contribution in [0.1, 0.15) is 17.2 Å². The molecule has 0 heterocycles. The van der Waals surface area contributed by atoms with Crippen molar-refractivity contribution in [3.8, 4) is 11.5 Å². The number of carboxylic acid groups (broad SMARTS) is 1. The van der Waals surface area contributed by atoms with Gasteiger partial charge in [0.05, 0.1) is 19.8 Å². The third kappa shape index (κ3) is 2.25. The Balaban J connectivity index is 3.38. The molecule has 0 radical (unpaired) electrons. The number of carbonyl (C=O) groups is 1. The van der Waals surface area contributed by atoms with E-state index in [1.807, 2.05) is 6.92 Å². The number of aliphatic carboxylic acids is 1. The Labute approximate surface area is 93.2 Å². The summed E-state index contributed by atoms with van der Waals surface area (Å²) >= 11 is 0. The molecule has 0 saturated carbocycles. The molecule has 0 aliphatic rings. The molecule has 2 N–H and O–H groups in total. The molecule has 0 spiro atoms. The standard InChI is InChI=1S/C11H14O5/c1-6-4-7(15-2)9(8(5-6)16-3)10(12)11(13)14/h4-5,10,12H,1-3H3,(H,13,14). The van der Waals surface area contributed by atoms with E-state index in [1.165, 1.54) is 14.2 Å². The first-order chi connectivity index (χ1) is 7.51. The highest BCUT2D eigenvalue weighted by Crippen LogP contribution is 2.35. The molecule has 5 heteroatoms. The lowest BCUT2D eigenvalue weighted by molar-refractivity contribution is -0.147. The molecule has 0 aliphatic heterocycles. The molecule has 88 valence electrons. The zero-order valence-corrected chi connectivity index (χ0v) is 9.35. The van der Waals surface area contributed by atoms with Gasteiger partial charge in [-0.3, -0.25) is 0 Å². The Hall–Kier alpha value is -1.75. The second-order valence-electron chi connectivity index (χ2n) is 3.32. The number of aliphatic hydroxyl groups is 1. The van der Waals surface area contributed by atoms with Crippen LogP contribution in [-0.4, -0.2) is 30.4 Å². The van der Waals surface area contributed by atoms with Crippen molar-refractivity contribution in [3.05, 3.63) is 23.3 Å². The predicted octanol–water partition coefficient (Wildman–Crippen LogP) is 1.13. The highest BCUT2D eigenvalue weighted by molar-refractivity contribution is 5.76. The van der Waals surface area contributed by atoms with Gasteiger partial charge >= 0.3 is 5.97 Å². The van der Waals surface area contributed by atoms with E-state index in [0.717, 1.165) is 5.56 Å². The minimum Gasteiger partial charge on any atom is -0.496 e. The maximum Gasteiger partial charge on any atom is 0.337 e. The Kier molecular flexibility index (Phi) is 3.73. The van der Waals surface area contributed by atoms with E-state index in [4.69, 9.17) is 14.6 Å². The van der Waals surface area contributed by atoms with Crippen LogP contribution in [0.5, 0.6) is 11.5 Å². The molecular formula is C11H14O5. The third-order valence-electron chi connectivity index (χ3n) is 2.20. The lowest BCUT2D eigenvalue weighted by Crippen LogP contribution is -2.13. The van der Waals surface area contributed by atoms with Crippen molar-refractivity contribution in [1.82, 2.24) is 0 Å². The number of rotatable bonds is 4. The zero-order chi connectivity index (χ0) is 12.3. The Morgan fingerprint density at radius 2 is 1.69 bits per heavy atom. The number of ether oxygens (including phenoxy) is 2. The van der Waals surface area contributed by atoms with Gasteiger partial charge in [0.1, 0.15) is 11.5 Å². The number of aryl methyl sites for hydroxylation is 1. The minimum atomic E-state index is -1.66. The number of benzene rings is 1. The number of hydrogen-bond acceptors (Lipinski definition) is 4. The van der Waals surface area contributed by atoms with Crippen LogP contribution in [0.2, 0.25) is 0 Å². The summed E-state index contributed by atoms with van der Waals surface area (Å²) in [6, 6.07) is 3.29. The van der Waals surface area contributed by atoms with E-state index in [0.29, 0.717) is 11.5 Å². The van der Waals surface area contributed by atoms with Crippen LogP contribution in [0.4, 0.5) is 0 Å². The summed E-state index contributed by atoms with van der Waals surface area (Å²) in [5, 5.41) is 18.3. The molecular weight excluding hydrogens is 212 g/mol. The van der Waals surface area contributed by atoms with E-state index in [-0.39, 0.29) is 5.56 Å². The van der Waals surface area contributed by atoms with Crippen molar-refractivity contribution in [1.29, 1.82) is 0 Å². The van der Waals surface area contributed by atoms with Crippen LogP contribution in [-0.2, 0) is 4.79 Å². The van der Waals surface area contributed by atoms with E-state index in [9.17, 15) is 9.90 Å². The normalized spacial score (nSPS) is 12.0. The van der Waals surface area contributed by atoms with E-state index >= 15 is 0 Å². The fraction of sp³-hybridized carbons (Fsp3) is 0.364. The largest absolute Gasteiger partial charge is 0.496 e. The molecule has 1 atom stereocenters. The van der Waals surface area contributed by atoms with Gasteiger partial charge in [-0.05, 0) is 24.6 Å². The van der Waals surface area contributed by atoms with Gasteiger partial charge < -0.3 is 19.7 Å². The summed E-state index contributed by atoms with van der Waals surface area (Å²) in [6.07, 6.45) is -1.66. The van der Waals surface area contributed by atoms with Crippen molar-refractivity contribution in [2.45, 2.75) is 13.0 Å². The molecule has 1 rings (SSSR count). The lowest BCUT2D eigenvalue weighted by atomic mass is 10.0. The van der Waals surface area contributed by atoms with E-state index in [2.05, 4.69) is 0 Å². The van der Waals surface area contributed by atoms with Gasteiger partial charge in [0.25, 0.3) is 0 Å². The molecule has 0 saturated heterocycles. The zero-order valence-electron chi connectivity index (χ0n) is 9.35. The predicted molar refractivity (Wildman–Crippen MR) is 56.9 cm³/mol. The number of hydrogen-bond donors (Lipinski definition) is 2. The van der Waals surface area contributed by atoms with Crippen LogP contribution in [0, 0.1) is 6.92 Å². The molecule has 0 aromatic heterocycles. The molecule has 0 fully saturated rings. The smallest absolute Gasteiger partial charge is 0.337 e. The highest BCUT2D eigenvalue weighted by atomic mass is 16.5. The number of aliphatic hydroxyl groups excluding tert-OH is 1. The number of methoxy groups -OCH3 is 2. The van der Waals surface area contributed by atoms with Gasteiger partial charge in [0.15, 0.2) is 6.10 Å². The number of carboxylic acids is 1. The van der Waals surface area contributed by atoms with Crippen LogP contribution in [0.3, 0.4) is 0 Å². The summed E-state index contributed by atoms with van der Waals surface area (Å²) in [4.78, 5) is 10.8. The first-order valence-corrected chi connectivity index (χ1v) is 4.64. The van der Waals surface area contributed by atoms with Crippen molar-refractivity contribution >= 4 is 5.97 Å². The van der Waals surface area contributed by atoms with Gasteiger partial charge in [-0.15, -0.1) is 0 Å². The van der Waals surface area contributed by atoms with Crippen molar-refractivity contribution in [2.24, 2.45) is 0 Å². The topological polar surface area (TPSA) is 76.0 Å². The first-order valence-electron chi connectivity index (χ1n) is 4.64. The van der Waals surface area contributed by atoms with Crippen LogP contribution >= 0.6 is 0 Å². The molecule has 0 bridgehead atoms. The van der Waals surface area contributed by atoms with Crippen molar-refractivity contribution in [2.75, 3.05) is 14.2 Å². The van der Waals surface area contributed by atoms with Gasteiger partial charge in [-0.25, -0.2) is 4.79 Å². The van der Waals surface area contributed by atoms with Crippen LogP contribution in [0.25, 0.3) is 0 Å². The van der Waals surface area contributed by atoms with Gasteiger partial charge in [-0.1, -0.05) is 0 Å². The molecule has 0 amide bonds. The average molecular weight is 226 g/mol. The Morgan fingerprint density at radius 3 is 2.00 bits per heavy atom. The van der Waals surface area contributed by atoms with E-state index in [1.54, 1.807) is 12.1 Å². The van der Waals surface area contributed by atoms with Gasteiger partial charge in [0.2, 0.25) is 0 Å². The maximum atomic E-state index is 10.8. The highest BCUT2D eigenvalue weighted by Gasteiger charge is 2.25. The molecule has 16 heavy (non-hydrogen) atoms. The quantitative estimate of drug-likeness (QED) is 0.804. The summed E-state index contributed by atoms with van der Waals surface area (Å²) in [5.74, 6) is -0.751. The Morgan fingerprint density at radius 1 is 1.25 bits per heavy atom. The summed E-state index contributed by atoms with van der Waals surface area (Å²) in [7, 11) is 2.82. The maximum absolute atomic E-state index is 10.8. The van der Waals surface area contributed by atoms with Crippen LogP contribution < -0.4 is 9.47 Å². The van der Waals surface area contributed by atoms with Gasteiger partial charge in [0, 0.05) is 0 Å². The fourth-order valence-electron chi connectivity index (χ4n) is 1.46. The average Bonchev–Trinajstić information content (AvgIpc) is 2.26. The van der Waals surface area contributed by atoms with E-state index < -0.39 is 12.1 Å². The summed E-state index contributed by atoms with van der Waals surface area (Å²) in [6.45, 7) is 1.82. The fourth-order valence-corrected chi connectivity index (χ4v) is 1.46. The third-order valence-corrected chi connectivity index (χ3v) is 2.20. The molecule has 5 nitrogen and oxygen atoms in total. The molecule has 1 aromatic rings. The second kappa shape index (κ2) is 4.85. The molecule has 1 unspecified atom stereocenters. The van der Waals surface area contributed by atoms with Crippen LogP contribution in [0.15, 0.2) is 12.1 Å². The van der Waals surface area contributed by atoms with Crippen molar-refractivity contribution in [3.63, 3.8) is 0 Å². The lowest BCUT2D eigenvalue weighted by Gasteiger charge is -2.16. The SMILES string of the molecule is COc1cc(C)cc(OC)c1C(O)C(=O)O. The second-order valence-corrected chi connectivity index (χ2v) is 3.32. The first kappa shape index (κ1) is 12.3. The minimum absolute atomic E-state index is 0.128.